The summed E-state index contributed by atoms with van der Waals surface area (Å²) in [7, 11) is -4.03. The molecule has 4 nitrogen and oxygen atoms in total. The number of Topliss-reactive ketones (excluding diaryl/α,β-unsaturated/α-hetero) is 1. The van der Waals surface area contributed by atoms with E-state index >= 15 is 0 Å². The van der Waals surface area contributed by atoms with Gasteiger partial charge in [-0.15, -0.1) is 11.6 Å². The number of carbonyl (C=O) groups is 1. The lowest BCUT2D eigenvalue weighted by atomic mass is 9.88. The fourth-order valence-electron chi connectivity index (χ4n) is 2.38. The highest BCUT2D eigenvalue weighted by atomic mass is 35.5. The van der Waals surface area contributed by atoms with Gasteiger partial charge in [0, 0.05) is 11.1 Å². The van der Waals surface area contributed by atoms with Crippen LogP contribution in [0.2, 0.25) is 0 Å². The summed E-state index contributed by atoms with van der Waals surface area (Å²) in [4.78, 5) is 12.4. The molecule has 0 bridgehead atoms. The van der Waals surface area contributed by atoms with Crippen molar-refractivity contribution in [1.29, 1.82) is 0 Å². The summed E-state index contributed by atoms with van der Waals surface area (Å²) < 4.78 is 26.9. The van der Waals surface area contributed by atoms with Crippen molar-refractivity contribution in [2.24, 2.45) is 4.40 Å². The Morgan fingerprint density at radius 3 is 2.08 bits per heavy atom. The molecule has 1 aliphatic carbocycles. The van der Waals surface area contributed by atoms with Gasteiger partial charge in [0.2, 0.25) is 10.1 Å². The fourth-order valence-corrected chi connectivity index (χ4v) is 4.18. The van der Waals surface area contributed by atoms with E-state index in [1.54, 1.807) is 36.4 Å². The Morgan fingerprint density at radius 2 is 1.46 bits per heavy atom. The van der Waals surface area contributed by atoms with E-state index in [0.717, 1.165) is 0 Å². The van der Waals surface area contributed by atoms with Crippen LogP contribution in [-0.4, -0.2) is 29.6 Å². The summed E-state index contributed by atoms with van der Waals surface area (Å²) in [5, 5.41) is -1.30. The van der Waals surface area contributed by atoms with E-state index in [2.05, 4.69) is 4.40 Å². The van der Waals surface area contributed by atoms with E-state index in [0.29, 0.717) is 5.56 Å². The lowest BCUT2D eigenvalue weighted by Gasteiger charge is -2.31. The van der Waals surface area contributed by atoms with Crippen LogP contribution in [0.15, 0.2) is 63.9 Å². The van der Waals surface area contributed by atoms with E-state index < -0.39 is 25.5 Å². The maximum absolute atomic E-state index is 12.5. The van der Waals surface area contributed by atoms with Gasteiger partial charge in [-0.25, -0.2) is 0 Å². The van der Waals surface area contributed by atoms with Crippen LogP contribution < -0.4 is 0 Å². The molecule has 8 heteroatoms. The first-order valence-corrected chi connectivity index (χ1v) is 9.44. The molecule has 0 radical (unpaired) electrons. The average molecular weight is 403 g/mol. The van der Waals surface area contributed by atoms with Gasteiger partial charge < -0.3 is 0 Å². The molecular formula is C16H10Cl3NO3S. The van der Waals surface area contributed by atoms with Crippen molar-refractivity contribution in [3.63, 3.8) is 0 Å². The van der Waals surface area contributed by atoms with E-state index in [9.17, 15) is 13.2 Å². The van der Waals surface area contributed by atoms with Crippen LogP contribution in [0.25, 0.3) is 0 Å². The van der Waals surface area contributed by atoms with Crippen molar-refractivity contribution in [2.45, 2.75) is 14.6 Å². The molecular weight excluding hydrogens is 393 g/mol. The Hall–Kier alpha value is -1.40. The Balaban J connectivity index is 2.23. The van der Waals surface area contributed by atoms with Gasteiger partial charge in [-0.1, -0.05) is 65.7 Å². The topological polar surface area (TPSA) is 63.6 Å². The minimum Gasteiger partial charge on any atom is -0.291 e. The minimum absolute atomic E-state index is 0.00509. The molecule has 0 heterocycles. The Kier molecular flexibility index (Phi) is 4.47. The highest BCUT2D eigenvalue weighted by Crippen LogP contribution is 2.41. The van der Waals surface area contributed by atoms with Gasteiger partial charge in [-0.3, -0.25) is 4.79 Å². The second-order valence-corrected chi connectivity index (χ2v) is 8.55. The van der Waals surface area contributed by atoms with Crippen molar-refractivity contribution in [1.82, 2.24) is 0 Å². The lowest BCUT2D eigenvalue weighted by Crippen LogP contribution is -2.46. The molecule has 0 spiro atoms. The van der Waals surface area contributed by atoms with Crippen LogP contribution in [0.3, 0.4) is 0 Å². The number of hydrogen-bond donors (Lipinski definition) is 0. The smallest absolute Gasteiger partial charge is 0.282 e. The zero-order valence-corrected chi connectivity index (χ0v) is 15.1. The van der Waals surface area contributed by atoms with E-state index in [1.165, 1.54) is 18.2 Å². The summed E-state index contributed by atoms with van der Waals surface area (Å²) in [6.07, 6.45) is 0. The molecule has 0 saturated heterocycles. The molecule has 0 fully saturated rings. The summed E-state index contributed by atoms with van der Waals surface area (Å²) in [6, 6.07) is 14.0. The van der Waals surface area contributed by atoms with Gasteiger partial charge >= 0.3 is 0 Å². The Morgan fingerprint density at radius 1 is 0.917 bits per heavy atom. The highest BCUT2D eigenvalue weighted by molar-refractivity contribution is 7.90. The van der Waals surface area contributed by atoms with Gasteiger partial charge in [0.15, 0.2) is 0 Å². The van der Waals surface area contributed by atoms with Crippen LogP contribution in [0.4, 0.5) is 0 Å². The number of fused-ring (bicyclic) bond motifs is 1. The first kappa shape index (κ1) is 17.4. The van der Waals surface area contributed by atoms with E-state index in [4.69, 9.17) is 34.8 Å². The van der Waals surface area contributed by atoms with Crippen LogP contribution in [0, 0.1) is 0 Å². The van der Waals surface area contributed by atoms with Crippen LogP contribution in [0.1, 0.15) is 15.9 Å². The quantitative estimate of drug-likeness (QED) is 0.717. The van der Waals surface area contributed by atoms with Crippen molar-refractivity contribution in [3.05, 3.63) is 65.7 Å². The second kappa shape index (κ2) is 6.15. The number of halogens is 3. The number of ketones is 1. The van der Waals surface area contributed by atoms with Gasteiger partial charge in [0.05, 0.1) is 10.6 Å². The zero-order valence-electron chi connectivity index (χ0n) is 12.0. The highest BCUT2D eigenvalue weighted by Gasteiger charge is 2.50. The van der Waals surface area contributed by atoms with Crippen LogP contribution in [0.5, 0.6) is 0 Å². The van der Waals surface area contributed by atoms with Crippen LogP contribution in [-0.2, 0) is 10.0 Å². The third-order valence-corrected chi connectivity index (χ3v) is 6.41. The summed E-state index contributed by atoms with van der Waals surface area (Å²) in [5.74, 6) is -0.586. The molecule has 1 aliphatic rings. The molecule has 2 aromatic rings. The SMILES string of the molecule is O=C1c2ccccc2C(=NS(=O)(=O)c2ccccc2)C(Cl)C1(Cl)Cl. The monoisotopic (exact) mass is 401 g/mol. The fraction of sp³-hybridized carbons (Fsp3) is 0.125. The standard InChI is InChI=1S/C16H10Cl3NO3S/c17-14-13(20-24(22,23)10-6-2-1-3-7-10)11-8-4-5-9-12(11)15(21)16(14,18)19/h1-9,14H. The molecule has 0 aromatic heterocycles. The number of sulfonamides is 1. The zero-order chi connectivity index (χ0) is 17.5. The predicted octanol–water partition coefficient (Wildman–Crippen LogP) is 3.84. The lowest BCUT2D eigenvalue weighted by molar-refractivity contribution is 0.0972. The third kappa shape index (κ3) is 2.86. The number of hydrogen-bond acceptors (Lipinski definition) is 3. The molecule has 3 rings (SSSR count). The molecule has 0 N–H and O–H groups in total. The molecule has 24 heavy (non-hydrogen) atoms. The van der Waals surface area contributed by atoms with Crippen LogP contribution >= 0.6 is 34.8 Å². The number of benzene rings is 2. The summed E-state index contributed by atoms with van der Waals surface area (Å²) >= 11 is 18.4. The van der Waals surface area contributed by atoms with Crippen molar-refractivity contribution >= 4 is 56.3 Å². The Bertz CT molecular complexity index is 940. The number of alkyl halides is 3. The molecule has 0 aliphatic heterocycles. The van der Waals surface area contributed by atoms with Gasteiger partial charge in [0.1, 0.15) is 5.38 Å². The number of carbonyl (C=O) groups excluding carboxylic acids is 1. The minimum atomic E-state index is -4.03. The van der Waals surface area contributed by atoms with Crippen molar-refractivity contribution < 1.29 is 13.2 Å². The Labute approximate surface area is 154 Å². The van der Waals surface area contributed by atoms with E-state index in [-0.39, 0.29) is 16.2 Å². The third-order valence-electron chi connectivity index (χ3n) is 3.57. The molecule has 124 valence electrons. The van der Waals surface area contributed by atoms with Gasteiger partial charge in [-0.05, 0) is 12.1 Å². The van der Waals surface area contributed by atoms with Crippen molar-refractivity contribution in [2.75, 3.05) is 0 Å². The molecule has 1 unspecified atom stereocenters. The average Bonchev–Trinajstić information content (AvgIpc) is 2.58. The number of nitrogens with zero attached hydrogens (tertiary/aromatic N) is 1. The largest absolute Gasteiger partial charge is 0.291 e. The second-order valence-electron chi connectivity index (χ2n) is 5.12. The first-order valence-electron chi connectivity index (χ1n) is 6.81. The molecule has 0 amide bonds. The molecule has 1 atom stereocenters. The maximum atomic E-state index is 12.5. The van der Waals surface area contributed by atoms with Gasteiger partial charge in [0.25, 0.3) is 10.0 Å². The summed E-state index contributed by atoms with van der Waals surface area (Å²) in [6.45, 7) is 0. The predicted molar refractivity (Wildman–Crippen MR) is 95.0 cm³/mol. The molecule has 0 saturated carbocycles. The maximum Gasteiger partial charge on any atom is 0.282 e. The normalized spacial score (nSPS) is 21.5. The van der Waals surface area contributed by atoms with Gasteiger partial charge in [-0.2, -0.15) is 12.8 Å². The molecule has 2 aromatic carbocycles. The van der Waals surface area contributed by atoms with Crippen molar-refractivity contribution in [3.8, 4) is 0 Å². The van der Waals surface area contributed by atoms with E-state index in [1.807, 2.05) is 0 Å². The number of rotatable bonds is 2. The summed E-state index contributed by atoms with van der Waals surface area (Å²) in [5.41, 5.74) is 0.432. The first-order chi connectivity index (χ1) is 11.2.